The first-order valence-corrected chi connectivity index (χ1v) is 8.76. The summed E-state index contributed by atoms with van der Waals surface area (Å²) in [5.74, 6) is 0.890. The van der Waals surface area contributed by atoms with Crippen molar-refractivity contribution in [3.8, 4) is 11.3 Å². The monoisotopic (exact) mass is 359 g/mol. The second kappa shape index (κ2) is 6.40. The molecule has 2 N–H and O–H groups in total. The summed E-state index contributed by atoms with van der Waals surface area (Å²) in [4.78, 5) is 24.5. The van der Waals surface area contributed by atoms with Crippen LogP contribution in [0.15, 0.2) is 42.9 Å². The Labute approximate surface area is 155 Å². The van der Waals surface area contributed by atoms with Crippen molar-refractivity contribution in [1.82, 2.24) is 24.9 Å². The fourth-order valence-corrected chi connectivity index (χ4v) is 3.36. The summed E-state index contributed by atoms with van der Waals surface area (Å²) in [5.41, 5.74) is 8.67. The maximum absolute atomic E-state index is 5.90. The first kappa shape index (κ1) is 15.8. The number of morpholine rings is 1. The number of aromatic nitrogens is 5. The average molecular weight is 359 g/mol. The van der Waals surface area contributed by atoms with Crippen LogP contribution in [0.4, 0.5) is 11.8 Å². The van der Waals surface area contributed by atoms with Gasteiger partial charge in [0.25, 0.3) is 0 Å². The molecule has 0 amide bonds. The zero-order chi connectivity index (χ0) is 18.2. The Morgan fingerprint density at radius 3 is 2.70 bits per heavy atom. The minimum Gasteiger partial charge on any atom is -0.378 e. The van der Waals surface area contributed by atoms with Crippen molar-refractivity contribution < 1.29 is 4.74 Å². The van der Waals surface area contributed by atoms with Crippen LogP contribution in [-0.4, -0.2) is 51.2 Å². The summed E-state index contributed by atoms with van der Waals surface area (Å²) in [6, 6.07) is 8.08. The largest absolute Gasteiger partial charge is 0.378 e. The highest BCUT2D eigenvalue weighted by atomic mass is 16.5. The van der Waals surface area contributed by atoms with Crippen LogP contribution < -0.4 is 10.6 Å². The van der Waals surface area contributed by atoms with E-state index in [4.69, 9.17) is 15.5 Å². The molecular weight excluding hydrogens is 342 g/mol. The lowest BCUT2D eigenvalue weighted by atomic mass is 10.1. The smallest absolute Gasteiger partial charge is 0.224 e. The fourth-order valence-electron chi connectivity index (χ4n) is 3.36. The Balaban J connectivity index is 1.71. The van der Waals surface area contributed by atoms with Gasteiger partial charge < -0.3 is 15.4 Å². The van der Waals surface area contributed by atoms with Crippen molar-refractivity contribution in [2.24, 2.45) is 0 Å². The predicted octanol–water partition coefficient (Wildman–Crippen LogP) is 2.05. The number of ether oxygens (including phenoxy) is 1. The van der Waals surface area contributed by atoms with E-state index >= 15 is 0 Å². The molecule has 0 atom stereocenters. The van der Waals surface area contributed by atoms with Crippen LogP contribution in [0.5, 0.6) is 0 Å². The van der Waals surface area contributed by atoms with Gasteiger partial charge in [-0.2, -0.15) is 9.97 Å². The van der Waals surface area contributed by atoms with E-state index in [2.05, 4.69) is 30.9 Å². The molecule has 1 aliphatic heterocycles. The molecule has 0 saturated carbocycles. The van der Waals surface area contributed by atoms with Gasteiger partial charge in [-0.15, -0.1) is 0 Å². The Morgan fingerprint density at radius 1 is 0.963 bits per heavy atom. The molecule has 1 aromatic carbocycles. The lowest BCUT2D eigenvalue weighted by molar-refractivity contribution is 0.122. The molecule has 0 bridgehead atoms. The van der Waals surface area contributed by atoms with Crippen LogP contribution in [0.3, 0.4) is 0 Å². The van der Waals surface area contributed by atoms with E-state index in [1.165, 1.54) is 0 Å². The molecule has 1 saturated heterocycles. The molecule has 1 aliphatic rings. The van der Waals surface area contributed by atoms with Gasteiger partial charge >= 0.3 is 0 Å². The van der Waals surface area contributed by atoms with Crippen LogP contribution in [0, 0.1) is 0 Å². The van der Waals surface area contributed by atoms with Crippen LogP contribution in [0.25, 0.3) is 33.2 Å². The predicted molar refractivity (Wildman–Crippen MR) is 103 cm³/mol. The second-order valence-corrected chi connectivity index (χ2v) is 6.34. The number of fused-ring (bicyclic) bond motifs is 2. The Bertz CT molecular complexity index is 1140. The summed E-state index contributed by atoms with van der Waals surface area (Å²) < 4.78 is 5.44. The maximum atomic E-state index is 5.90. The van der Waals surface area contributed by atoms with E-state index in [0.717, 1.165) is 35.1 Å². The van der Waals surface area contributed by atoms with Crippen LogP contribution >= 0.6 is 0 Å². The highest BCUT2D eigenvalue weighted by molar-refractivity contribution is 5.96. The first-order valence-electron chi connectivity index (χ1n) is 8.76. The van der Waals surface area contributed by atoms with Gasteiger partial charge in [-0.25, -0.2) is 9.97 Å². The van der Waals surface area contributed by atoms with Gasteiger partial charge in [-0.05, 0) is 5.39 Å². The Kier molecular flexibility index (Phi) is 3.75. The van der Waals surface area contributed by atoms with Gasteiger partial charge in [0.2, 0.25) is 5.95 Å². The summed E-state index contributed by atoms with van der Waals surface area (Å²) in [7, 11) is 0. The molecule has 5 rings (SSSR count). The quantitative estimate of drug-likeness (QED) is 0.580. The normalized spacial score (nSPS) is 14.7. The molecule has 0 radical (unpaired) electrons. The number of rotatable bonds is 2. The Hall–Kier alpha value is -3.39. The minimum absolute atomic E-state index is 0.192. The maximum Gasteiger partial charge on any atom is 0.224 e. The molecule has 3 aromatic heterocycles. The molecule has 4 heterocycles. The average Bonchev–Trinajstić information content (AvgIpc) is 2.73. The molecule has 8 nitrogen and oxygen atoms in total. The summed E-state index contributed by atoms with van der Waals surface area (Å²) in [6.07, 6.45) is 5.36. The molecule has 27 heavy (non-hydrogen) atoms. The highest BCUT2D eigenvalue weighted by Crippen LogP contribution is 2.29. The molecule has 0 spiro atoms. The van der Waals surface area contributed by atoms with Gasteiger partial charge in [0.05, 0.1) is 25.1 Å². The standard InChI is InChI=1S/C19H17N7O/c20-19-24-17-16(18(25-19)26-5-7-27-8-6-26)23-15(11-22-17)14-10-21-9-12-3-1-2-4-13(12)14/h1-4,9-11H,5-8H2,(H2,20,22,24,25). The van der Waals surface area contributed by atoms with Gasteiger partial charge in [0.1, 0.15) is 0 Å². The summed E-state index contributed by atoms with van der Waals surface area (Å²) in [5, 5.41) is 2.13. The van der Waals surface area contributed by atoms with Crippen molar-refractivity contribution in [1.29, 1.82) is 0 Å². The van der Waals surface area contributed by atoms with E-state index in [1.807, 2.05) is 30.6 Å². The fraction of sp³-hybridized carbons (Fsp3) is 0.211. The number of nitrogens with two attached hydrogens (primary N) is 1. The molecule has 0 aliphatic carbocycles. The van der Waals surface area contributed by atoms with E-state index in [9.17, 15) is 0 Å². The number of pyridine rings is 1. The third-order valence-corrected chi connectivity index (χ3v) is 4.66. The first-order chi connectivity index (χ1) is 13.3. The molecule has 134 valence electrons. The minimum atomic E-state index is 0.192. The molecular formula is C19H17N7O. The van der Waals surface area contributed by atoms with E-state index in [1.54, 1.807) is 6.20 Å². The zero-order valence-corrected chi connectivity index (χ0v) is 14.5. The van der Waals surface area contributed by atoms with Gasteiger partial charge in [-0.1, -0.05) is 24.3 Å². The number of anilines is 2. The number of benzene rings is 1. The van der Waals surface area contributed by atoms with Crippen LogP contribution in [-0.2, 0) is 4.74 Å². The molecule has 4 aromatic rings. The summed E-state index contributed by atoms with van der Waals surface area (Å²) in [6.45, 7) is 2.75. The molecule has 0 unspecified atom stereocenters. The Morgan fingerprint density at radius 2 is 1.81 bits per heavy atom. The van der Waals surface area contributed by atoms with Crippen molar-refractivity contribution in [2.45, 2.75) is 0 Å². The van der Waals surface area contributed by atoms with Gasteiger partial charge in [0, 0.05) is 36.4 Å². The SMILES string of the molecule is Nc1nc(N2CCOCC2)c2nc(-c3cncc4ccccc34)cnc2n1. The number of hydrogen-bond acceptors (Lipinski definition) is 8. The van der Waals surface area contributed by atoms with Gasteiger partial charge in [0.15, 0.2) is 17.0 Å². The number of nitrogen functional groups attached to an aromatic ring is 1. The van der Waals surface area contributed by atoms with Gasteiger partial charge in [-0.3, -0.25) is 4.98 Å². The van der Waals surface area contributed by atoms with E-state index in [-0.39, 0.29) is 5.95 Å². The van der Waals surface area contributed by atoms with E-state index in [0.29, 0.717) is 30.2 Å². The summed E-state index contributed by atoms with van der Waals surface area (Å²) >= 11 is 0. The lowest BCUT2D eigenvalue weighted by Crippen LogP contribution is -2.37. The van der Waals surface area contributed by atoms with Crippen molar-refractivity contribution in [3.05, 3.63) is 42.9 Å². The number of hydrogen-bond donors (Lipinski definition) is 1. The third-order valence-electron chi connectivity index (χ3n) is 4.66. The van der Waals surface area contributed by atoms with Crippen molar-refractivity contribution in [3.63, 3.8) is 0 Å². The molecule has 1 fully saturated rings. The molecule has 8 heteroatoms. The van der Waals surface area contributed by atoms with Crippen LogP contribution in [0.2, 0.25) is 0 Å². The van der Waals surface area contributed by atoms with Crippen molar-refractivity contribution >= 4 is 33.7 Å². The number of nitrogens with zero attached hydrogens (tertiary/aromatic N) is 6. The second-order valence-electron chi connectivity index (χ2n) is 6.34. The topological polar surface area (TPSA) is 103 Å². The highest BCUT2D eigenvalue weighted by Gasteiger charge is 2.19. The van der Waals surface area contributed by atoms with Crippen LogP contribution in [0.1, 0.15) is 0 Å². The lowest BCUT2D eigenvalue weighted by Gasteiger charge is -2.28. The zero-order valence-electron chi connectivity index (χ0n) is 14.5. The van der Waals surface area contributed by atoms with E-state index < -0.39 is 0 Å². The van der Waals surface area contributed by atoms with Crippen molar-refractivity contribution in [2.75, 3.05) is 36.9 Å². The third kappa shape index (κ3) is 2.80.